The third kappa shape index (κ3) is 4.15. The number of hydrogen-bond donors (Lipinski definition) is 2. The normalized spacial score (nSPS) is 10.2. The number of anilines is 2. The van der Waals surface area contributed by atoms with Crippen LogP contribution in [0, 0.1) is 0 Å². The average molecular weight is 294 g/mol. The third-order valence-corrected chi connectivity index (χ3v) is 3.53. The van der Waals surface area contributed by atoms with E-state index in [-0.39, 0.29) is 11.7 Å². The van der Waals surface area contributed by atoms with Gasteiger partial charge in [-0.15, -0.1) is 0 Å². The molecule has 0 aliphatic rings. The third-order valence-electron chi connectivity index (χ3n) is 2.25. The molecule has 1 aromatic carbocycles. The molecule has 0 bridgehead atoms. The van der Waals surface area contributed by atoms with Crippen molar-refractivity contribution in [3.63, 3.8) is 0 Å². The second-order valence-electron chi connectivity index (χ2n) is 3.74. The fourth-order valence-corrected chi connectivity index (χ4v) is 2.22. The molecular formula is C13H12ClN3OS. The Morgan fingerprint density at radius 3 is 2.95 bits per heavy atom. The lowest BCUT2D eigenvalue weighted by molar-refractivity contribution is -0.113. The summed E-state index contributed by atoms with van der Waals surface area (Å²) in [7, 11) is 0. The lowest BCUT2D eigenvalue weighted by Crippen LogP contribution is -2.14. The maximum Gasteiger partial charge on any atom is 0.234 e. The highest BCUT2D eigenvalue weighted by molar-refractivity contribution is 7.99. The molecule has 0 spiro atoms. The second kappa shape index (κ2) is 6.45. The zero-order valence-electron chi connectivity index (χ0n) is 9.97. The van der Waals surface area contributed by atoms with Crippen molar-refractivity contribution in [1.29, 1.82) is 0 Å². The molecule has 0 unspecified atom stereocenters. The summed E-state index contributed by atoms with van der Waals surface area (Å²) in [4.78, 5) is 15.9. The molecule has 4 nitrogen and oxygen atoms in total. The lowest BCUT2D eigenvalue weighted by atomic mass is 10.3. The first-order valence-electron chi connectivity index (χ1n) is 5.54. The van der Waals surface area contributed by atoms with Crippen molar-refractivity contribution < 1.29 is 4.79 Å². The van der Waals surface area contributed by atoms with E-state index in [1.165, 1.54) is 11.8 Å². The number of aromatic nitrogens is 1. The first kappa shape index (κ1) is 13.7. The molecule has 0 aliphatic carbocycles. The molecule has 0 saturated carbocycles. The van der Waals surface area contributed by atoms with Crippen molar-refractivity contribution in [1.82, 2.24) is 4.98 Å². The highest BCUT2D eigenvalue weighted by Crippen LogP contribution is 2.24. The molecule has 1 aromatic heterocycles. The van der Waals surface area contributed by atoms with Gasteiger partial charge in [-0.1, -0.05) is 29.4 Å². The molecule has 0 fully saturated rings. The van der Waals surface area contributed by atoms with Crippen LogP contribution in [0.15, 0.2) is 47.6 Å². The van der Waals surface area contributed by atoms with E-state index in [2.05, 4.69) is 10.3 Å². The molecule has 6 heteroatoms. The number of carbonyl (C=O) groups excluding carboxylic acids is 1. The van der Waals surface area contributed by atoms with Gasteiger partial charge in [0.15, 0.2) is 0 Å². The maximum absolute atomic E-state index is 11.8. The summed E-state index contributed by atoms with van der Waals surface area (Å²) in [6, 6.07) is 10.5. The molecule has 0 saturated heterocycles. The van der Waals surface area contributed by atoms with Crippen LogP contribution in [-0.2, 0) is 4.79 Å². The van der Waals surface area contributed by atoms with E-state index in [9.17, 15) is 4.79 Å². The van der Waals surface area contributed by atoms with E-state index < -0.39 is 0 Å². The number of nitrogens with one attached hydrogen (secondary N) is 1. The zero-order chi connectivity index (χ0) is 13.7. The lowest BCUT2D eigenvalue weighted by Gasteiger charge is -2.07. The topological polar surface area (TPSA) is 68.0 Å². The van der Waals surface area contributed by atoms with Gasteiger partial charge in [0.05, 0.1) is 21.5 Å². The van der Waals surface area contributed by atoms with Gasteiger partial charge in [-0.05, 0) is 30.3 Å². The summed E-state index contributed by atoms with van der Waals surface area (Å²) < 4.78 is 0. The van der Waals surface area contributed by atoms with Crippen LogP contribution < -0.4 is 11.1 Å². The fourth-order valence-electron chi connectivity index (χ4n) is 1.40. The van der Waals surface area contributed by atoms with Crippen LogP contribution in [0.4, 0.5) is 11.4 Å². The van der Waals surface area contributed by atoms with Crippen LogP contribution in [0.2, 0.25) is 5.02 Å². The number of amides is 1. The summed E-state index contributed by atoms with van der Waals surface area (Å²) in [5, 5.41) is 3.99. The van der Waals surface area contributed by atoms with Crippen LogP contribution in [0.3, 0.4) is 0 Å². The van der Waals surface area contributed by atoms with Gasteiger partial charge in [0.2, 0.25) is 5.91 Å². The standard InChI is InChI=1S/C13H12ClN3OS/c14-10-5-4-9(15)7-11(10)17-12(18)8-19-13-3-1-2-6-16-13/h1-7H,8,15H2,(H,17,18). The van der Waals surface area contributed by atoms with Crippen molar-refractivity contribution >= 4 is 40.6 Å². The Labute approximate surface area is 120 Å². The van der Waals surface area contributed by atoms with Gasteiger partial charge in [0.25, 0.3) is 0 Å². The maximum atomic E-state index is 11.8. The summed E-state index contributed by atoms with van der Waals surface area (Å²) >= 11 is 7.33. The summed E-state index contributed by atoms with van der Waals surface area (Å²) in [6.07, 6.45) is 1.69. The molecule has 1 amide bonds. The number of nitrogens with zero attached hydrogens (tertiary/aromatic N) is 1. The van der Waals surface area contributed by atoms with Crippen LogP contribution in [0.5, 0.6) is 0 Å². The van der Waals surface area contributed by atoms with Gasteiger partial charge in [-0.3, -0.25) is 4.79 Å². The minimum absolute atomic E-state index is 0.150. The van der Waals surface area contributed by atoms with E-state index in [1.807, 2.05) is 18.2 Å². The first-order valence-corrected chi connectivity index (χ1v) is 6.90. The summed E-state index contributed by atoms with van der Waals surface area (Å²) in [5.74, 6) is 0.116. The van der Waals surface area contributed by atoms with Gasteiger partial charge in [0, 0.05) is 11.9 Å². The Hall–Kier alpha value is -1.72. The van der Waals surface area contributed by atoms with Crippen LogP contribution in [-0.4, -0.2) is 16.6 Å². The van der Waals surface area contributed by atoms with E-state index in [0.717, 1.165) is 5.03 Å². The average Bonchev–Trinajstić information content (AvgIpc) is 2.42. The molecule has 0 atom stereocenters. The fraction of sp³-hybridized carbons (Fsp3) is 0.0769. The van der Waals surface area contributed by atoms with Crippen LogP contribution >= 0.6 is 23.4 Å². The number of nitrogens with two attached hydrogens (primary N) is 1. The quantitative estimate of drug-likeness (QED) is 0.671. The number of thioether (sulfide) groups is 1. The van der Waals surface area contributed by atoms with Gasteiger partial charge in [0.1, 0.15) is 0 Å². The number of pyridine rings is 1. The predicted octanol–water partition coefficient (Wildman–Crippen LogP) is 3.05. The van der Waals surface area contributed by atoms with Crippen molar-refractivity contribution in [3.8, 4) is 0 Å². The molecule has 3 N–H and O–H groups in total. The van der Waals surface area contributed by atoms with Crippen LogP contribution in [0.25, 0.3) is 0 Å². The highest BCUT2D eigenvalue weighted by Gasteiger charge is 2.07. The largest absolute Gasteiger partial charge is 0.399 e. The van der Waals surface area contributed by atoms with Gasteiger partial charge in [-0.2, -0.15) is 0 Å². The molecular weight excluding hydrogens is 282 g/mol. The minimum atomic E-state index is -0.150. The first-order chi connectivity index (χ1) is 9.15. The summed E-state index contributed by atoms with van der Waals surface area (Å²) in [5.41, 5.74) is 6.72. The molecule has 1 heterocycles. The smallest absolute Gasteiger partial charge is 0.234 e. The van der Waals surface area contributed by atoms with Gasteiger partial charge >= 0.3 is 0 Å². The number of hydrogen-bond acceptors (Lipinski definition) is 4. The molecule has 98 valence electrons. The molecule has 2 aromatic rings. The second-order valence-corrected chi connectivity index (χ2v) is 5.15. The highest BCUT2D eigenvalue weighted by atomic mass is 35.5. The van der Waals surface area contributed by atoms with Gasteiger partial charge < -0.3 is 11.1 Å². The zero-order valence-corrected chi connectivity index (χ0v) is 11.5. The number of nitrogen functional groups attached to an aromatic ring is 1. The van der Waals surface area contributed by atoms with Crippen molar-refractivity contribution in [2.24, 2.45) is 0 Å². The van der Waals surface area contributed by atoms with E-state index in [1.54, 1.807) is 24.4 Å². The molecule has 19 heavy (non-hydrogen) atoms. The molecule has 0 aliphatic heterocycles. The van der Waals surface area contributed by atoms with E-state index in [0.29, 0.717) is 16.4 Å². The van der Waals surface area contributed by atoms with E-state index in [4.69, 9.17) is 17.3 Å². The van der Waals surface area contributed by atoms with Crippen molar-refractivity contribution in [3.05, 3.63) is 47.6 Å². The Morgan fingerprint density at radius 2 is 2.21 bits per heavy atom. The molecule has 0 radical (unpaired) electrons. The predicted molar refractivity (Wildman–Crippen MR) is 79.5 cm³/mol. The summed E-state index contributed by atoms with van der Waals surface area (Å²) in [6.45, 7) is 0. The Kier molecular flexibility index (Phi) is 4.65. The van der Waals surface area contributed by atoms with E-state index >= 15 is 0 Å². The Bertz CT molecular complexity index is 577. The van der Waals surface area contributed by atoms with Crippen molar-refractivity contribution in [2.45, 2.75) is 5.03 Å². The molecule has 2 rings (SSSR count). The number of benzene rings is 1. The van der Waals surface area contributed by atoms with Crippen LogP contribution in [0.1, 0.15) is 0 Å². The van der Waals surface area contributed by atoms with Gasteiger partial charge in [-0.25, -0.2) is 4.98 Å². The Balaban J connectivity index is 1.93. The monoisotopic (exact) mass is 293 g/mol. The SMILES string of the molecule is Nc1ccc(Cl)c(NC(=O)CSc2ccccn2)c1. The van der Waals surface area contributed by atoms with Crippen molar-refractivity contribution in [2.75, 3.05) is 16.8 Å². The number of halogens is 1. The number of rotatable bonds is 4. The Morgan fingerprint density at radius 1 is 1.37 bits per heavy atom. The number of carbonyl (C=O) groups is 1. The minimum Gasteiger partial charge on any atom is -0.399 e.